The van der Waals surface area contributed by atoms with E-state index in [0.717, 1.165) is 128 Å². The maximum atomic E-state index is 13.3. The van der Waals surface area contributed by atoms with Crippen molar-refractivity contribution in [3.05, 3.63) is 109 Å². The Labute approximate surface area is 532 Å². The van der Waals surface area contributed by atoms with Crippen LogP contribution in [0.4, 0.5) is 0 Å². The second kappa shape index (κ2) is 50.9. The average molecular weight is 1260 g/mol. The fourth-order valence-electron chi connectivity index (χ4n) is 10.7. The summed E-state index contributed by atoms with van der Waals surface area (Å²) in [6.07, 6.45) is 40.8. The van der Waals surface area contributed by atoms with Crippen molar-refractivity contribution < 1.29 is 89.4 Å². The van der Waals surface area contributed by atoms with Crippen molar-refractivity contribution in [2.75, 3.05) is 26.4 Å². The van der Waals surface area contributed by atoms with E-state index in [1.54, 1.807) is 0 Å². The van der Waals surface area contributed by atoms with E-state index in [4.69, 9.17) is 28.4 Å². The molecule has 0 aromatic rings. The number of aliphatic hydroxyl groups excluding tert-OH is 11. The summed E-state index contributed by atoms with van der Waals surface area (Å²) >= 11 is 0. The zero-order chi connectivity index (χ0) is 64.7. The fraction of sp³-hybridized carbons (Fsp3) is 0.729. The number of unbranched alkanes of at least 4 members (excludes halogenated alkanes) is 15. The third-order valence-electron chi connectivity index (χ3n) is 16.1. The minimum atomic E-state index is -1.98. The molecule has 12 N–H and O–H groups in total. The molecule has 3 heterocycles. The van der Waals surface area contributed by atoms with Gasteiger partial charge < -0.3 is 89.9 Å². The molecule has 3 aliphatic rings. The molecule has 0 aliphatic carbocycles. The molecule has 0 spiro atoms. The molecule has 19 nitrogen and oxygen atoms in total. The summed E-state index contributed by atoms with van der Waals surface area (Å²) in [5.41, 5.74) is 0. The largest absolute Gasteiger partial charge is 0.394 e. The second-order valence-corrected chi connectivity index (χ2v) is 23.6. The van der Waals surface area contributed by atoms with Crippen LogP contribution in [-0.4, -0.2) is 193 Å². The van der Waals surface area contributed by atoms with Crippen molar-refractivity contribution >= 4 is 5.91 Å². The molecule has 3 fully saturated rings. The predicted molar refractivity (Wildman–Crippen MR) is 346 cm³/mol. The van der Waals surface area contributed by atoms with Gasteiger partial charge in [-0.1, -0.05) is 213 Å². The van der Waals surface area contributed by atoms with Crippen LogP contribution in [0.3, 0.4) is 0 Å². The first-order chi connectivity index (χ1) is 43.3. The topological polar surface area (TPSA) is 307 Å². The van der Waals surface area contributed by atoms with Crippen LogP contribution in [0.15, 0.2) is 109 Å². The smallest absolute Gasteiger partial charge is 0.220 e. The van der Waals surface area contributed by atoms with Gasteiger partial charge in [-0.3, -0.25) is 4.79 Å². The molecule has 3 saturated heterocycles. The molecule has 17 atom stereocenters. The van der Waals surface area contributed by atoms with Gasteiger partial charge in [-0.2, -0.15) is 0 Å². The van der Waals surface area contributed by atoms with Gasteiger partial charge in [0.25, 0.3) is 0 Å². The Balaban J connectivity index is 1.31. The van der Waals surface area contributed by atoms with E-state index in [2.05, 4.69) is 129 Å². The van der Waals surface area contributed by atoms with Crippen LogP contribution in [0.1, 0.15) is 194 Å². The first-order valence-corrected chi connectivity index (χ1v) is 33.6. The van der Waals surface area contributed by atoms with Gasteiger partial charge >= 0.3 is 0 Å². The van der Waals surface area contributed by atoms with Gasteiger partial charge in [0.1, 0.15) is 73.2 Å². The SMILES string of the molecule is CC/C=C\C/C=C\C/C=C\C/C=C\C/C=C\C/C=C\C/C=C\C/C=C\C/C=C\CCCCCCCCCCCC(=O)NC(COC1OC(CO)C(OC2OC(CO)C(OC3OC(CO)C(O)C(O)C3O)C(O)C2O)C(O)C1O)C(O)CCCCCCCCC. The first-order valence-electron chi connectivity index (χ1n) is 33.6. The van der Waals surface area contributed by atoms with Crippen molar-refractivity contribution in [3.63, 3.8) is 0 Å². The molecule has 1 amide bonds. The summed E-state index contributed by atoms with van der Waals surface area (Å²) < 4.78 is 34.2. The Bertz CT molecular complexity index is 2040. The van der Waals surface area contributed by atoms with Crippen LogP contribution in [0.25, 0.3) is 0 Å². The lowest BCUT2D eigenvalue weighted by molar-refractivity contribution is -0.379. The van der Waals surface area contributed by atoms with Gasteiger partial charge in [0.05, 0.1) is 38.6 Å². The molecule has 0 aromatic carbocycles. The van der Waals surface area contributed by atoms with E-state index in [-0.39, 0.29) is 18.9 Å². The number of hydrogen-bond acceptors (Lipinski definition) is 18. The lowest BCUT2D eigenvalue weighted by Gasteiger charge is -2.48. The highest BCUT2D eigenvalue weighted by molar-refractivity contribution is 5.76. The first kappa shape index (κ1) is 79.7. The summed E-state index contributed by atoms with van der Waals surface area (Å²) in [6.45, 7) is 1.58. The number of aliphatic hydroxyl groups is 11. The van der Waals surface area contributed by atoms with Crippen molar-refractivity contribution in [1.82, 2.24) is 5.32 Å². The van der Waals surface area contributed by atoms with E-state index in [1.807, 2.05) is 0 Å². The van der Waals surface area contributed by atoms with Gasteiger partial charge in [-0.25, -0.2) is 0 Å². The summed E-state index contributed by atoms with van der Waals surface area (Å²) in [5.74, 6) is -0.259. The van der Waals surface area contributed by atoms with Crippen LogP contribution in [0, 0.1) is 0 Å². The number of rotatable bonds is 49. The molecule has 3 aliphatic heterocycles. The second-order valence-electron chi connectivity index (χ2n) is 23.6. The maximum Gasteiger partial charge on any atom is 0.220 e. The minimum Gasteiger partial charge on any atom is -0.394 e. The predicted octanol–water partition coefficient (Wildman–Crippen LogP) is 8.27. The number of nitrogens with one attached hydrogen (secondary N) is 1. The maximum absolute atomic E-state index is 13.3. The Morgan fingerprint density at radius 3 is 1.21 bits per heavy atom. The third kappa shape index (κ3) is 33.2. The highest BCUT2D eigenvalue weighted by atomic mass is 16.8. The Hall–Kier alpha value is -3.55. The number of allylic oxidation sites excluding steroid dienone is 18. The quantitative estimate of drug-likeness (QED) is 0.0201. The number of carbonyl (C=O) groups is 1. The minimum absolute atomic E-state index is 0.251. The van der Waals surface area contributed by atoms with Crippen molar-refractivity contribution in [2.45, 2.75) is 298 Å². The van der Waals surface area contributed by atoms with Gasteiger partial charge in [-0.15, -0.1) is 0 Å². The summed E-state index contributed by atoms with van der Waals surface area (Å²) in [6, 6.07) is -0.895. The van der Waals surface area contributed by atoms with E-state index < -0.39 is 124 Å². The average Bonchev–Trinajstić information content (AvgIpc) is 2.14. The zero-order valence-corrected chi connectivity index (χ0v) is 53.6. The summed E-state index contributed by atoms with van der Waals surface area (Å²) in [4.78, 5) is 13.3. The molecule has 0 radical (unpaired) electrons. The molecule has 0 aromatic heterocycles. The number of amides is 1. The van der Waals surface area contributed by atoms with Crippen molar-refractivity contribution in [2.24, 2.45) is 0 Å². The van der Waals surface area contributed by atoms with Gasteiger partial charge in [0.15, 0.2) is 18.9 Å². The Morgan fingerprint density at radius 2 is 0.775 bits per heavy atom. The monoisotopic (exact) mass is 1260 g/mol. The zero-order valence-electron chi connectivity index (χ0n) is 53.6. The fourth-order valence-corrected chi connectivity index (χ4v) is 10.7. The molecule has 89 heavy (non-hydrogen) atoms. The summed E-state index contributed by atoms with van der Waals surface area (Å²) in [5, 5.41) is 120. The van der Waals surface area contributed by atoms with Gasteiger partial charge in [-0.05, 0) is 83.5 Å². The normalized spacial score (nSPS) is 28.9. The molecule has 0 saturated carbocycles. The van der Waals surface area contributed by atoms with E-state index in [0.29, 0.717) is 12.8 Å². The number of hydrogen-bond donors (Lipinski definition) is 12. The van der Waals surface area contributed by atoms with E-state index >= 15 is 0 Å². The van der Waals surface area contributed by atoms with Crippen LogP contribution >= 0.6 is 0 Å². The van der Waals surface area contributed by atoms with E-state index in [9.17, 15) is 61.0 Å². The Kier molecular flexibility index (Phi) is 45.6. The van der Waals surface area contributed by atoms with Gasteiger partial charge in [0, 0.05) is 6.42 Å². The Morgan fingerprint density at radius 1 is 0.416 bits per heavy atom. The highest BCUT2D eigenvalue weighted by Crippen LogP contribution is 2.33. The standard InChI is InChI=1S/C70H117NO18/c1-3-5-7-9-11-12-13-14-15-16-17-18-19-20-21-22-23-24-25-26-27-28-29-30-31-32-33-34-35-36-37-38-39-40-42-44-46-48-58(76)71-53(54(75)47-45-43-41-10-8-6-4-2)52-84-68-64(82)61(79)66(56(50-73)86-68)89-70-65(83)62(80)67(57(51-74)87-70)88-69-63(81)60(78)59(77)55(49-72)85-69/h5,7,11-12,14-15,17-18,20-21,23-24,26-27,29-30,32-33,53-57,59-70,72-75,77-83H,3-4,6,8-10,13,16,19,22,25,28,31,34-52H2,1-2H3,(H,71,76)/b7-5-,12-11-,15-14-,18-17-,21-20-,24-23-,27-26-,30-29-,33-32-. The number of ether oxygens (including phenoxy) is 6. The lowest BCUT2D eigenvalue weighted by atomic mass is 9.96. The lowest BCUT2D eigenvalue weighted by Crippen LogP contribution is -2.66. The van der Waals surface area contributed by atoms with Gasteiger partial charge in [0.2, 0.25) is 5.91 Å². The molecule has 510 valence electrons. The number of carbonyl (C=O) groups excluding carboxylic acids is 1. The molecule has 3 rings (SSSR count). The molecular weight excluding hydrogens is 1140 g/mol. The van der Waals surface area contributed by atoms with Crippen LogP contribution in [0.5, 0.6) is 0 Å². The third-order valence-corrected chi connectivity index (χ3v) is 16.1. The van der Waals surface area contributed by atoms with Crippen LogP contribution < -0.4 is 5.32 Å². The van der Waals surface area contributed by atoms with Crippen LogP contribution in [0.2, 0.25) is 0 Å². The van der Waals surface area contributed by atoms with Crippen molar-refractivity contribution in [3.8, 4) is 0 Å². The molecule has 0 bridgehead atoms. The summed E-state index contributed by atoms with van der Waals surface area (Å²) in [7, 11) is 0. The van der Waals surface area contributed by atoms with Crippen LogP contribution in [-0.2, 0) is 33.2 Å². The van der Waals surface area contributed by atoms with E-state index in [1.165, 1.54) is 32.1 Å². The molecule has 17 unspecified atom stereocenters. The molecule has 19 heteroatoms. The van der Waals surface area contributed by atoms with Crippen molar-refractivity contribution in [1.29, 1.82) is 0 Å². The molecular formula is C70H117NO18. The highest BCUT2D eigenvalue weighted by Gasteiger charge is 2.53.